The average Bonchev–Trinajstić information content (AvgIpc) is 2.96. The summed E-state index contributed by atoms with van der Waals surface area (Å²) < 4.78 is 22.3. The number of hydrogen-bond donors (Lipinski definition) is 5. The molecule has 6 N–H and O–H groups in total. The summed E-state index contributed by atoms with van der Waals surface area (Å²) in [6.45, 7) is 0.949. The van der Waals surface area contributed by atoms with Gasteiger partial charge in [-0.3, -0.25) is 18.9 Å². The zero-order valence-electron chi connectivity index (χ0n) is 12.5. The van der Waals surface area contributed by atoms with Crippen molar-refractivity contribution in [2.75, 3.05) is 12.3 Å². The number of aromatic nitrogens is 4. The lowest BCUT2D eigenvalue weighted by molar-refractivity contribution is -0.0725. The van der Waals surface area contributed by atoms with Gasteiger partial charge in [0.15, 0.2) is 11.2 Å². The van der Waals surface area contributed by atoms with E-state index in [1.54, 1.807) is 0 Å². The molecule has 3 atom stereocenters. The molecule has 1 saturated heterocycles. The molecule has 24 heavy (non-hydrogen) atoms. The number of nitrogen functional groups attached to an aromatic ring is 1. The van der Waals surface area contributed by atoms with Crippen LogP contribution in [-0.4, -0.2) is 52.7 Å². The molecule has 0 aliphatic carbocycles. The fraction of sp³-hybridized carbons (Fsp3) is 0.545. The molecular formula is C11H16N5O7P. The van der Waals surface area contributed by atoms with Crippen molar-refractivity contribution in [2.24, 2.45) is 0 Å². The van der Waals surface area contributed by atoms with E-state index >= 15 is 0 Å². The number of phosphoric acid groups is 1. The number of anilines is 1. The minimum atomic E-state index is -4.69. The standard InChI is InChI=1S/C11H16N5O7P/c1-11(18)2-6(23-5(11)3-22-24(19,20)21)16-4-13-7-8(16)14-10(12)15-9(7)17/h4-6,18H,2-3H2,1H3,(H2,19,20,21)(H3,12,14,15,17). The van der Waals surface area contributed by atoms with E-state index in [0.717, 1.165) is 0 Å². The maximum absolute atomic E-state index is 11.8. The van der Waals surface area contributed by atoms with Gasteiger partial charge in [-0.1, -0.05) is 0 Å². The Kier molecular flexibility index (Phi) is 3.98. The van der Waals surface area contributed by atoms with Crippen molar-refractivity contribution < 1.29 is 28.7 Å². The maximum Gasteiger partial charge on any atom is 0.469 e. The molecule has 2 aromatic rings. The van der Waals surface area contributed by atoms with Gasteiger partial charge in [0.25, 0.3) is 5.56 Å². The zero-order valence-corrected chi connectivity index (χ0v) is 13.4. The van der Waals surface area contributed by atoms with Crippen LogP contribution in [0.1, 0.15) is 19.6 Å². The third-order valence-corrected chi connectivity index (χ3v) is 4.24. The van der Waals surface area contributed by atoms with Crippen molar-refractivity contribution in [3.05, 3.63) is 16.7 Å². The van der Waals surface area contributed by atoms with E-state index in [2.05, 4.69) is 19.5 Å². The number of ether oxygens (including phenoxy) is 1. The van der Waals surface area contributed by atoms with Crippen LogP contribution >= 0.6 is 7.82 Å². The van der Waals surface area contributed by atoms with Crippen molar-refractivity contribution in [3.63, 3.8) is 0 Å². The van der Waals surface area contributed by atoms with Gasteiger partial charge < -0.3 is 25.4 Å². The van der Waals surface area contributed by atoms with Gasteiger partial charge in [0, 0.05) is 6.42 Å². The summed E-state index contributed by atoms with van der Waals surface area (Å²) in [4.78, 5) is 39.6. The van der Waals surface area contributed by atoms with Crippen LogP contribution in [0.15, 0.2) is 11.1 Å². The first-order valence-corrected chi connectivity index (χ1v) is 8.40. The molecule has 132 valence electrons. The molecule has 1 aliphatic heterocycles. The normalized spacial score (nSPS) is 27.8. The lowest BCUT2D eigenvalue weighted by atomic mass is 9.98. The Labute approximate surface area is 134 Å². The highest BCUT2D eigenvalue weighted by Crippen LogP contribution is 2.41. The molecular weight excluding hydrogens is 345 g/mol. The molecule has 3 unspecified atom stereocenters. The number of hydrogen-bond acceptors (Lipinski definition) is 8. The van der Waals surface area contributed by atoms with Crippen LogP contribution in [0.25, 0.3) is 11.2 Å². The quantitative estimate of drug-likeness (QED) is 0.416. The average molecular weight is 361 g/mol. The van der Waals surface area contributed by atoms with E-state index in [1.165, 1.54) is 17.8 Å². The molecule has 0 spiro atoms. The van der Waals surface area contributed by atoms with Crippen LogP contribution in [0, 0.1) is 0 Å². The number of H-pyrrole nitrogens is 1. The molecule has 12 nitrogen and oxygen atoms in total. The van der Waals surface area contributed by atoms with E-state index in [9.17, 15) is 14.5 Å². The lowest BCUT2D eigenvalue weighted by Gasteiger charge is -2.23. The Bertz CT molecular complexity index is 871. The highest BCUT2D eigenvalue weighted by Gasteiger charge is 2.46. The smallest absolute Gasteiger partial charge is 0.387 e. The molecule has 3 heterocycles. The van der Waals surface area contributed by atoms with Crippen molar-refractivity contribution in [3.8, 4) is 0 Å². The number of nitrogens with zero attached hydrogens (tertiary/aromatic N) is 3. The van der Waals surface area contributed by atoms with Gasteiger partial charge in [0.2, 0.25) is 5.95 Å². The predicted octanol–water partition coefficient (Wildman–Crippen LogP) is -1.15. The first-order valence-electron chi connectivity index (χ1n) is 6.87. The van der Waals surface area contributed by atoms with Gasteiger partial charge in [-0.05, 0) is 6.92 Å². The molecule has 0 saturated carbocycles. The molecule has 3 rings (SSSR count). The third-order valence-electron chi connectivity index (χ3n) is 3.76. The van der Waals surface area contributed by atoms with E-state index < -0.39 is 37.9 Å². The summed E-state index contributed by atoms with van der Waals surface area (Å²) in [5.41, 5.74) is 3.83. The van der Waals surface area contributed by atoms with E-state index in [1.807, 2.05) is 0 Å². The fourth-order valence-corrected chi connectivity index (χ4v) is 2.90. The van der Waals surface area contributed by atoms with Gasteiger partial charge in [-0.15, -0.1) is 0 Å². The number of imidazole rings is 1. The molecule has 13 heteroatoms. The highest BCUT2D eigenvalue weighted by atomic mass is 31.2. The second kappa shape index (κ2) is 5.62. The van der Waals surface area contributed by atoms with Gasteiger partial charge in [0.1, 0.15) is 12.3 Å². The van der Waals surface area contributed by atoms with Crippen LogP contribution in [0.5, 0.6) is 0 Å². The van der Waals surface area contributed by atoms with Crippen LogP contribution in [0.2, 0.25) is 0 Å². The summed E-state index contributed by atoms with van der Waals surface area (Å²) >= 11 is 0. The summed E-state index contributed by atoms with van der Waals surface area (Å²) in [5.74, 6) is -0.0969. The molecule has 0 bridgehead atoms. The Morgan fingerprint density at radius 1 is 1.62 bits per heavy atom. The Morgan fingerprint density at radius 3 is 3.00 bits per heavy atom. The van der Waals surface area contributed by atoms with Crippen molar-refractivity contribution in [1.82, 2.24) is 19.5 Å². The van der Waals surface area contributed by atoms with Crippen LogP contribution < -0.4 is 11.3 Å². The number of nitrogens with two attached hydrogens (primary N) is 1. The number of aliphatic hydroxyl groups is 1. The van der Waals surface area contributed by atoms with E-state index in [-0.39, 0.29) is 23.5 Å². The highest BCUT2D eigenvalue weighted by molar-refractivity contribution is 7.46. The molecule has 2 aromatic heterocycles. The maximum atomic E-state index is 11.8. The Balaban J connectivity index is 1.89. The van der Waals surface area contributed by atoms with Crippen molar-refractivity contribution >= 4 is 24.9 Å². The van der Waals surface area contributed by atoms with Gasteiger partial charge >= 0.3 is 7.82 Å². The van der Waals surface area contributed by atoms with Crippen molar-refractivity contribution in [2.45, 2.75) is 31.3 Å². The van der Waals surface area contributed by atoms with Crippen molar-refractivity contribution in [1.29, 1.82) is 0 Å². The molecule has 1 aliphatic rings. The van der Waals surface area contributed by atoms with E-state index in [0.29, 0.717) is 0 Å². The lowest BCUT2D eigenvalue weighted by Crippen LogP contribution is -2.37. The van der Waals surface area contributed by atoms with Crippen LogP contribution in [-0.2, 0) is 13.8 Å². The topological polar surface area (TPSA) is 186 Å². The number of nitrogens with one attached hydrogen (secondary N) is 1. The van der Waals surface area contributed by atoms with Gasteiger partial charge in [0.05, 0.1) is 18.5 Å². The number of phosphoric ester groups is 1. The van der Waals surface area contributed by atoms with Crippen LogP contribution in [0.3, 0.4) is 0 Å². The molecule has 0 amide bonds. The molecule has 1 fully saturated rings. The monoisotopic (exact) mass is 361 g/mol. The Morgan fingerprint density at radius 2 is 2.33 bits per heavy atom. The van der Waals surface area contributed by atoms with Crippen LogP contribution in [0.4, 0.5) is 5.95 Å². The third kappa shape index (κ3) is 3.20. The molecule has 0 aromatic carbocycles. The number of aromatic amines is 1. The predicted molar refractivity (Wildman–Crippen MR) is 79.7 cm³/mol. The van der Waals surface area contributed by atoms with Gasteiger partial charge in [-0.25, -0.2) is 9.55 Å². The SMILES string of the molecule is CC1(O)CC(n2cnc3c(=O)[nH]c(N)nc32)OC1COP(=O)(O)O. The van der Waals surface area contributed by atoms with Gasteiger partial charge in [-0.2, -0.15) is 4.98 Å². The largest absolute Gasteiger partial charge is 0.469 e. The minimum Gasteiger partial charge on any atom is -0.387 e. The fourth-order valence-electron chi connectivity index (χ4n) is 2.57. The Hall–Kier alpha value is -1.82. The van der Waals surface area contributed by atoms with E-state index in [4.69, 9.17) is 20.3 Å². The second-order valence-electron chi connectivity index (χ2n) is 5.70. The first-order chi connectivity index (χ1) is 11.1. The first kappa shape index (κ1) is 17.0. The number of rotatable bonds is 4. The summed E-state index contributed by atoms with van der Waals surface area (Å²) in [6.07, 6.45) is -0.363. The molecule has 0 radical (unpaired) electrons. The minimum absolute atomic E-state index is 0.0577. The summed E-state index contributed by atoms with van der Waals surface area (Å²) in [7, 11) is -4.69. The zero-order chi connectivity index (χ0) is 17.7. The summed E-state index contributed by atoms with van der Waals surface area (Å²) in [5, 5.41) is 10.4. The number of fused-ring (bicyclic) bond motifs is 1. The summed E-state index contributed by atoms with van der Waals surface area (Å²) in [6, 6.07) is 0. The second-order valence-corrected chi connectivity index (χ2v) is 6.94.